The van der Waals surface area contributed by atoms with Gasteiger partial charge in [-0.3, -0.25) is 32.5 Å². The third-order valence-corrected chi connectivity index (χ3v) is 18.2. The predicted octanol–water partition coefficient (Wildman–Crippen LogP) is 23.1. The summed E-state index contributed by atoms with van der Waals surface area (Å²) in [5.74, 6) is -1.61. The second-order valence-corrected chi connectivity index (χ2v) is 29.0. The number of ether oxygens (including phenoxy) is 3. The Labute approximate surface area is 614 Å². The highest BCUT2D eigenvalue weighted by Crippen LogP contribution is 2.45. The molecule has 101 heavy (non-hydrogen) atoms. The Morgan fingerprint density at radius 2 is 0.525 bits per heavy atom. The van der Waals surface area contributed by atoms with Gasteiger partial charge in [0.2, 0.25) is 0 Å². The van der Waals surface area contributed by atoms with E-state index in [-0.39, 0.29) is 19.3 Å². The van der Waals surface area contributed by atoms with Gasteiger partial charge in [0.1, 0.15) is 25.4 Å². The molecule has 0 aliphatic carbocycles. The van der Waals surface area contributed by atoms with Crippen LogP contribution in [-0.2, 0) is 55.8 Å². The minimum atomic E-state index is -4.94. The van der Waals surface area contributed by atoms with Crippen molar-refractivity contribution in [2.75, 3.05) is 39.6 Å². The fourth-order valence-corrected chi connectivity index (χ4v) is 11.9. The van der Waals surface area contributed by atoms with Gasteiger partial charge in [0.15, 0.2) is 6.10 Å². The second kappa shape index (κ2) is 75.4. The van der Waals surface area contributed by atoms with Gasteiger partial charge in [0.05, 0.1) is 26.4 Å². The molecule has 0 radical (unpaired) electrons. The molecule has 16 nitrogen and oxygen atoms in total. The number of esters is 3. The van der Waals surface area contributed by atoms with Crippen LogP contribution in [-0.4, -0.2) is 95.9 Å². The van der Waals surface area contributed by atoms with Crippen molar-refractivity contribution in [2.45, 2.75) is 334 Å². The number of hydrogen-bond acceptors (Lipinski definition) is 14. The molecule has 5 unspecified atom stereocenters. The van der Waals surface area contributed by atoms with Crippen LogP contribution in [0.2, 0.25) is 0 Å². The number of phosphoric ester groups is 2. The van der Waals surface area contributed by atoms with Crippen molar-refractivity contribution >= 4 is 33.6 Å². The number of hydrogen-bond donors (Lipinski definition) is 4. The number of carbonyl (C=O) groups excluding carboxylic acids is 3. The van der Waals surface area contributed by atoms with Crippen molar-refractivity contribution in [1.29, 1.82) is 0 Å². The SMILES string of the molecule is CC/C=C\C/C=C\C/C=C\CCCCCCCC(=O)OC(COC(=O)CCCCCCCCCCC/C=C\C/C=C\C/C=C\C/C=C\CCCCC)COP(=O)(O)OCC(O)COP(=O)(O)OCC(O)COC(=O)CCCCCCCCCCC/C=C\C/C=C\C/C=C\C/C=C\CCCCC. The number of allylic oxidation sites excluding steroid dienone is 22. The van der Waals surface area contributed by atoms with E-state index >= 15 is 0 Å². The van der Waals surface area contributed by atoms with E-state index < -0.39 is 91.5 Å². The first-order chi connectivity index (χ1) is 49.2. The molecule has 0 aliphatic heterocycles. The molecule has 0 aromatic rings. The minimum Gasteiger partial charge on any atom is -0.463 e. The lowest BCUT2D eigenvalue weighted by Crippen LogP contribution is -2.30. The fraction of sp³-hybridized carbons (Fsp3) is 0.699. The van der Waals surface area contributed by atoms with Crippen LogP contribution in [0, 0.1) is 0 Å². The van der Waals surface area contributed by atoms with Crippen LogP contribution in [0.5, 0.6) is 0 Å². The van der Waals surface area contributed by atoms with E-state index in [1.165, 1.54) is 103 Å². The van der Waals surface area contributed by atoms with Crippen molar-refractivity contribution in [2.24, 2.45) is 0 Å². The summed E-state index contributed by atoms with van der Waals surface area (Å²) in [6, 6.07) is 0. The first kappa shape index (κ1) is 96.7. The van der Waals surface area contributed by atoms with E-state index in [0.29, 0.717) is 19.3 Å². The van der Waals surface area contributed by atoms with Crippen LogP contribution >= 0.6 is 15.6 Å². The second-order valence-electron chi connectivity index (χ2n) is 26.1. The first-order valence-electron chi connectivity index (χ1n) is 39.5. The molecule has 0 rings (SSSR count). The molecule has 0 amide bonds. The molecule has 0 bridgehead atoms. The van der Waals surface area contributed by atoms with E-state index in [9.17, 15) is 43.5 Å². The monoisotopic (exact) mass is 1460 g/mol. The van der Waals surface area contributed by atoms with Crippen LogP contribution in [0.15, 0.2) is 134 Å². The number of carbonyl (C=O) groups is 3. The summed E-state index contributed by atoms with van der Waals surface area (Å²) >= 11 is 0. The molecule has 0 fully saturated rings. The number of unbranched alkanes of at least 4 members (excludes halogenated alkanes) is 29. The van der Waals surface area contributed by atoms with Crippen molar-refractivity contribution in [1.82, 2.24) is 0 Å². The maximum Gasteiger partial charge on any atom is 0.472 e. The lowest BCUT2D eigenvalue weighted by atomic mass is 10.1. The highest BCUT2D eigenvalue weighted by molar-refractivity contribution is 7.47. The van der Waals surface area contributed by atoms with E-state index in [1.807, 2.05) is 0 Å². The number of rotatable bonds is 74. The summed E-state index contributed by atoms with van der Waals surface area (Å²) in [4.78, 5) is 58.7. The zero-order chi connectivity index (χ0) is 73.7. The van der Waals surface area contributed by atoms with Gasteiger partial charge in [0, 0.05) is 19.3 Å². The van der Waals surface area contributed by atoms with Crippen molar-refractivity contribution < 1.29 is 75.8 Å². The number of aliphatic hydroxyl groups excluding tert-OH is 2. The fourth-order valence-electron chi connectivity index (χ4n) is 10.3. The number of phosphoric acid groups is 2. The van der Waals surface area contributed by atoms with Crippen LogP contribution < -0.4 is 0 Å². The summed E-state index contributed by atoms with van der Waals surface area (Å²) in [7, 11) is -9.80. The van der Waals surface area contributed by atoms with E-state index in [0.717, 1.165) is 154 Å². The van der Waals surface area contributed by atoms with Crippen LogP contribution in [0.1, 0.15) is 316 Å². The molecule has 0 aromatic heterocycles. The summed E-state index contributed by atoms with van der Waals surface area (Å²) in [5.41, 5.74) is 0. The molecule has 0 aliphatic rings. The average Bonchev–Trinajstić information content (AvgIpc) is 0.960. The van der Waals surface area contributed by atoms with Gasteiger partial charge in [-0.1, -0.05) is 289 Å². The maximum atomic E-state index is 13.0. The first-order valence-corrected chi connectivity index (χ1v) is 42.5. The van der Waals surface area contributed by atoms with Crippen LogP contribution in [0.4, 0.5) is 0 Å². The smallest absolute Gasteiger partial charge is 0.463 e. The Morgan fingerprint density at radius 3 is 0.832 bits per heavy atom. The quantitative estimate of drug-likeness (QED) is 0.0146. The minimum absolute atomic E-state index is 0.0805. The summed E-state index contributed by atoms with van der Waals surface area (Å²) in [6.07, 6.45) is 90.6. The van der Waals surface area contributed by atoms with Gasteiger partial charge < -0.3 is 34.2 Å². The van der Waals surface area contributed by atoms with Gasteiger partial charge in [-0.25, -0.2) is 9.13 Å². The average molecular weight is 1460 g/mol. The molecule has 5 atom stereocenters. The highest BCUT2D eigenvalue weighted by atomic mass is 31.2. The van der Waals surface area contributed by atoms with Gasteiger partial charge in [0.25, 0.3) is 0 Å². The van der Waals surface area contributed by atoms with Crippen LogP contribution in [0.25, 0.3) is 0 Å². The predicted molar refractivity (Wildman–Crippen MR) is 417 cm³/mol. The lowest BCUT2D eigenvalue weighted by molar-refractivity contribution is -0.161. The van der Waals surface area contributed by atoms with Crippen molar-refractivity contribution in [3.8, 4) is 0 Å². The summed E-state index contributed by atoms with van der Waals surface area (Å²) in [5, 5.41) is 20.6. The highest BCUT2D eigenvalue weighted by Gasteiger charge is 2.29. The molecular formula is C83H142O16P2. The maximum absolute atomic E-state index is 13.0. The molecule has 580 valence electrons. The van der Waals surface area contributed by atoms with Gasteiger partial charge in [-0.15, -0.1) is 0 Å². The molecule has 0 saturated carbocycles. The van der Waals surface area contributed by atoms with E-state index in [1.54, 1.807) is 0 Å². The Balaban J connectivity index is 4.61. The van der Waals surface area contributed by atoms with Gasteiger partial charge in [-0.05, 0) is 141 Å². The van der Waals surface area contributed by atoms with Gasteiger partial charge in [-0.2, -0.15) is 0 Å². The molecule has 0 heterocycles. The topological polar surface area (TPSA) is 231 Å². The Hall–Kier alpha value is -4.31. The summed E-state index contributed by atoms with van der Waals surface area (Å²) < 4.78 is 61.1. The number of aliphatic hydroxyl groups is 2. The lowest BCUT2D eigenvalue weighted by Gasteiger charge is -2.21. The third-order valence-electron chi connectivity index (χ3n) is 16.3. The van der Waals surface area contributed by atoms with Gasteiger partial charge >= 0.3 is 33.6 Å². The van der Waals surface area contributed by atoms with E-state index in [2.05, 4.69) is 154 Å². The zero-order valence-corrected chi connectivity index (χ0v) is 65.1. The molecule has 0 aromatic carbocycles. The Morgan fingerprint density at radius 1 is 0.287 bits per heavy atom. The molecule has 0 spiro atoms. The standard InChI is InChI=1S/C83H142O16P2/c1-4-7-10-13-16-19-22-25-28-30-32-34-36-38-40-42-44-46-49-51-54-57-60-63-66-69-81(86)93-72-78(84)73-95-100(89,90)96-74-79(85)75-97-101(91,92)98-77-80(99-83(88)71-68-65-62-59-56-53-48-27-24-21-18-15-12-9-6-3)76-94-82(87)70-67-64-61-58-55-52-50-47-45-43-41-39-37-35-33-31-29-26-23-20-17-14-11-8-5-2/h9,12,16-21,25-29,32-35,38-41,48,78-80,84-85H,4-8,10-11,13-15,22-24,30-31,36-37,42-47,49-77H2,1-3H3,(H,89,90)(H,91,92)/b12-9-,19-16-,20-17-,21-18-,28-25-,29-26-,34-32-,35-33-,40-38-,41-39-,48-27-. The van der Waals surface area contributed by atoms with Crippen molar-refractivity contribution in [3.63, 3.8) is 0 Å². The molecule has 4 N–H and O–H groups in total. The normalized spacial score (nSPS) is 14.7. The molecular weight excluding hydrogens is 1310 g/mol. The largest absolute Gasteiger partial charge is 0.472 e. The molecule has 0 saturated heterocycles. The third kappa shape index (κ3) is 76.6. The van der Waals surface area contributed by atoms with Crippen molar-refractivity contribution in [3.05, 3.63) is 134 Å². The zero-order valence-electron chi connectivity index (χ0n) is 63.3. The van der Waals surface area contributed by atoms with Crippen LogP contribution in [0.3, 0.4) is 0 Å². The summed E-state index contributed by atoms with van der Waals surface area (Å²) in [6.45, 7) is 2.49. The molecule has 18 heteroatoms. The Bertz CT molecular complexity index is 2370. The Kier molecular flexibility index (Phi) is 72.2. The van der Waals surface area contributed by atoms with E-state index in [4.69, 9.17) is 32.3 Å².